The molecule has 0 saturated heterocycles. The molecule has 4 aliphatic carbocycles. The smallest absolute Gasteiger partial charge is 0.0562 e. The maximum atomic E-state index is 2.53. The Morgan fingerprint density at radius 3 is 1.78 bits per heavy atom. The second-order valence-corrected chi connectivity index (χ2v) is 14.4. The summed E-state index contributed by atoms with van der Waals surface area (Å²) in [7, 11) is 0. The van der Waals surface area contributed by atoms with Gasteiger partial charge >= 0.3 is 0 Å². The van der Waals surface area contributed by atoms with E-state index in [4.69, 9.17) is 0 Å². The molecular formula is C43H34N2. The molecule has 4 bridgehead atoms. The summed E-state index contributed by atoms with van der Waals surface area (Å²) in [5.41, 5.74) is 9.49. The Morgan fingerprint density at radius 1 is 0.444 bits per heavy atom. The molecule has 0 radical (unpaired) electrons. The lowest BCUT2D eigenvalue weighted by atomic mass is 9.66. The van der Waals surface area contributed by atoms with Crippen LogP contribution in [0.15, 0.2) is 127 Å². The predicted molar refractivity (Wildman–Crippen MR) is 188 cm³/mol. The number of fused-ring (bicyclic) bond motifs is 7. The van der Waals surface area contributed by atoms with Gasteiger partial charge in [0, 0.05) is 32.9 Å². The van der Waals surface area contributed by atoms with E-state index in [9.17, 15) is 0 Å². The Hall–Kier alpha value is -4.82. The van der Waals surface area contributed by atoms with Gasteiger partial charge in [-0.2, -0.15) is 0 Å². The highest BCUT2D eigenvalue weighted by atomic mass is 15.0. The van der Waals surface area contributed by atoms with Crippen LogP contribution in [0.3, 0.4) is 0 Å². The normalized spacial score (nSPS) is 23.9. The molecule has 4 aliphatic rings. The Labute approximate surface area is 262 Å². The molecule has 0 N–H and O–H groups in total. The van der Waals surface area contributed by atoms with Crippen LogP contribution < -0.4 is 0 Å². The van der Waals surface area contributed by atoms with Crippen molar-refractivity contribution in [2.24, 2.45) is 17.8 Å². The van der Waals surface area contributed by atoms with Crippen LogP contribution in [-0.2, 0) is 5.41 Å². The molecule has 2 nitrogen and oxygen atoms in total. The van der Waals surface area contributed by atoms with E-state index in [1.165, 1.54) is 97.9 Å². The summed E-state index contributed by atoms with van der Waals surface area (Å²) < 4.78 is 4.97. The van der Waals surface area contributed by atoms with Gasteiger partial charge in [-0.25, -0.2) is 0 Å². The first kappa shape index (κ1) is 24.5. The van der Waals surface area contributed by atoms with E-state index in [2.05, 4.69) is 137 Å². The van der Waals surface area contributed by atoms with E-state index in [1.807, 2.05) is 0 Å². The monoisotopic (exact) mass is 578 g/mol. The van der Waals surface area contributed by atoms with Crippen molar-refractivity contribution in [3.8, 4) is 11.4 Å². The van der Waals surface area contributed by atoms with Gasteiger partial charge in [-0.15, -0.1) is 0 Å². The lowest BCUT2D eigenvalue weighted by molar-refractivity contribution is 0.229. The van der Waals surface area contributed by atoms with Gasteiger partial charge in [-0.3, -0.25) is 0 Å². The highest BCUT2D eigenvalue weighted by molar-refractivity contribution is 6.20. The van der Waals surface area contributed by atoms with Crippen LogP contribution >= 0.6 is 0 Å². The summed E-state index contributed by atoms with van der Waals surface area (Å²) in [4.78, 5) is 0. The molecule has 2 heteroatoms. The lowest BCUT2D eigenvalue weighted by Crippen LogP contribution is -2.31. The van der Waals surface area contributed by atoms with Crippen LogP contribution in [0.5, 0.6) is 0 Å². The van der Waals surface area contributed by atoms with Gasteiger partial charge in [0.1, 0.15) is 0 Å². The maximum Gasteiger partial charge on any atom is 0.0562 e. The highest BCUT2D eigenvalue weighted by Gasteiger charge is 2.56. The summed E-state index contributed by atoms with van der Waals surface area (Å²) in [6.07, 6.45) is 7.22. The molecule has 0 amide bonds. The lowest BCUT2D eigenvalue weighted by Gasteiger charge is -2.39. The Kier molecular flexibility index (Phi) is 4.72. The van der Waals surface area contributed by atoms with Crippen molar-refractivity contribution >= 4 is 54.4 Å². The molecule has 2 unspecified atom stereocenters. The number of para-hydroxylation sites is 2. The number of aromatic nitrogens is 2. The first-order valence-electron chi connectivity index (χ1n) is 16.8. The van der Waals surface area contributed by atoms with Crippen LogP contribution in [0.2, 0.25) is 0 Å². The van der Waals surface area contributed by atoms with Crippen molar-refractivity contribution in [3.05, 3.63) is 133 Å². The number of rotatable bonds is 3. The number of benzene rings is 6. The zero-order valence-electron chi connectivity index (χ0n) is 25.3. The van der Waals surface area contributed by atoms with Gasteiger partial charge in [0.2, 0.25) is 0 Å². The summed E-state index contributed by atoms with van der Waals surface area (Å²) in [6, 6.07) is 48.0. The third kappa shape index (κ3) is 3.30. The van der Waals surface area contributed by atoms with Crippen molar-refractivity contribution in [1.29, 1.82) is 0 Å². The van der Waals surface area contributed by atoms with Gasteiger partial charge in [0.05, 0.1) is 22.1 Å². The highest BCUT2D eigenvalue weighted by Crippen LogP contribution is 2.64. The SMILES string of the molecule is c1ccc(-n2c3ccccc3c3cc4c5cc6ccccc6cc5n(-c5ccc(C67CC8CC(C6)C(C8)C7)cc5)c4cc32)cc1. The Bertz CT molecular complexity index is 2460. The van der Waals surface area contributed by atoms with Gasteiger partial charge in [-0.1, -0.05) is 72.8 Å². The minimum Gasteiger partial charge on any atom is -0.309 e. The first-order chi connectivity index (χ1) is 22.2. The third-order valence-corrected chi connectivity index (χ3v) is 12.1. The van der Waals surface area contributed by atoms with E-state index < -0.39 is 0 Å². The van der Waals surface area contributed by atoms with Gasteiger partial charge < -0.3 is 9.13 Å². The molecule has 216 valence electrons. The molecule has 0 aliphatic heterocycles. The molecule has 12 rings (SSSR count). The van der Waals surface area contributed by atoms with Crippen molar-refractivity contribution < 1.29 is 0 Å². The fraction of sp³-hybridized carbons (Fsp3) is 0.209. The molecule has 8 aromatic rings. The number of hydrogen-bond donors (Lipinski definition) is 0. The third-order valence-electron chi connectivity index (χ3n) is 12.1. The van der Waals surface area contributed by atoms with E-state index in [1.54, 1.807) is 5.56 Å². The van der Waals surface area contributed by atoms with E-state index in [0.29, 0.717) is 5.41 Å². The molecule has 4 saturated carbocycles. The molecule has 2 aromatic heterocycles. The van der Waals surface area contributed by atoms with Crippen molar-refractivity contribution in [2.45, 2.75) is 37.5 Å². The Balaban J connectivity index is 1.20. The molecule has 2 heterocycles. The van der Waals surface area contributed by atoms with Gasteiger partial charge in [0.15, 0.2) is 0 Å². The first-order valence-corrected chi connectivity index (χ1v) is 16.8. The van der Waals surface area contributed by atoms with Crippen molar-refractivity contribution in [3.63, 3.8) is 0 Å². The minimum absolute atomic E-state index is 0.425. The standard InChI is InChI=1S/C43H34N2/c1-2-10-33(11-3-1)44-39-13-7-6-12-35(39)37-22-38-36-20-28-8-4-5-9-29(28)21-40(36)45(42(38)23-41(37)44)34-16-14-32(15-17-34)43-24-27-18-30(25-43)31(19-27)26-43/h1-17,20-23,27,30-31H,18-19,24-26H2. The zero-order chi connectivity index (χ0) is 29.3. The molecule has 45 heavy (non-hydrogen) atoms. The second-order valence-electron chi connectivity index (χ2n) is 14.4. The molecular weight excluding hydrogens is 544 g/mol. The second kappa shape index (κ2) is 8.67. The summed E-state index contributed by atoms with van der Waals surface area (Å²) in [6.45, 7) is 0. The van der Waals surface area contributed by atoms with Gasteiger partial charge in [0.25, 0.3) is 0 Å². The van der Waals surface area contributed by atoms with E-state index >= 15 is 0 Å². The molecule has 0 spiro atoms. The van der Waals surface area contributed by atoms with Crippen LogP contribution in [0.1, 0.15) is 37.7 Å². The number of hydrogen-bond acceptors (Lipinski definition) is 0. The minimum atomic E-state index is 0.425. The van der Waals surface area contributed by atoms with Crippen molar-refractivity contribution in [1.82, 2.24) is 9.13 Å². The molecule has 2 atom stereocenters. The maximum absolute atomic E-state index is 2.53. The van der Waals surface area contributed by atoms with Crippen LogP contribution in [-0.4, -0.2) is 9.13 Å². The average Bonchev–Trinajstić information content (AvgIpc) is 3.75. The average molecular weight is 579 g/mol. The fourth-order valence-corrected chi connectivity index (χ4v) is 10.4. The summed E-state index contributed by atoms with van der Waals surface area (Å²) >= 11 is 0. The van der Waals surface area contributed by atoms with Crippen molar-refractivity contribution in [2.75, 3.05) is 0 Å². The zero-order valence-corrected chi connectivity index (χ0v) is 25.3. The number of nitrogens with zero attached hydrogens (tertiary/aromatic N) is 2. The van der Waals surface area contributed by atoms with Crippen LogP contribution in [0.4, 0.5) is 0 Å². The predicted octanol–water partition coefficient (Wildman–Crippen LogP) is 11.1. The summed E-state index contributed by atoms with van der Waals surface area (Å²) in [5.74, 6) is 2.92. The van der Waals surface area contributed by atoms with Crippen LogP contribution in [0, 0.1) is 17.8 Å². The largest absolute Gasteiger partial charge is 0.309 e. The molecule has 4 fully saturated rings. The van der Waals surface area contributed by atoms with Crippen LogP contribution in [0.25, 0.3) is 65.8 Å². The summed E-state index contributed by atoms with van der Waals surface area (Å²) in [5, 5.41) is 7.80. The molecule has 6 aromatic carbocycles. The quantitative estimate of drug-likeness (QED) is 0.197. The Morgan fingerprint density at radius 2 is 1.02 bits per heavy atom. The van der Waals surface area contributed by atoms with E-state index in [0.717, 1.165) is 17.8 Å². The van der Waals surface area contributed by atoms with E-state index in [-0.39, 0.29) is 0 Å². The van der Waals surface area contributed by atoms with Gasteiger partial charge in [-0.05, 0) is 126 Å². The topological polar surface area (TPSA) is 9.86 Å². The fourth-order valence-electron chi connectivity index (χ4n) is 10.4.